The number of nitrogens with one attached hydrogen (secondary N) is 2. The van der Waals surface area contributed by atoms with Crippen molar-refractivity contribution in [2.45, 2.75) is 19.8 Å². The average molecular weight is 326 g/mol. The first-order chi connectivity index (χ1) is 11.6. The molecule has 2 amide bonds. The molecule has 1 aromatic carbocycles. The Bertz CT molecular complexity index is 711. The Hall–Kier alpha value is -2.63. The molecular formula is C18H22N4O2. The van der Waals surface area contributed by atoms with Gasteiger partial charge in [-0.1, -0.05) is 18.2 Å². The van der Waals surface area contributed by atoms with Crippen molar-refractivity contribution in [1.29, 1.82) is 0 Å². The summed E-state index contributed by atoms with van der Waals surface area (Å²) in [7, 11) is 0. The third kappa shape index (κ3) is 3.64. The van der Waals surface area contributed by atoms with Crippen LogP contribution in [0.2, 0.25) is 0 Å². The van der Waals surface area contributed by atoms with Crippen molar-refractivity contribution < 1.29 is 9.59 Å². The molecular weight excluding hydrogens is 304 g/mol. The predicted molar refractivity (Wildman–Crippen MR) is 90.7 cm³/mol. The average Bonchev–Trinajstić information content (AvgIpc) is 3.06. The van der Waals surface area contributed by atoms with Crippen molar-refractivity contribution in [1.82, 2.24) is 20.4 Å². The molecule has 1 aliphatic heterocycles. The molecule has 1 aliphatic rings. The maximum Gasteiger partial charge on any atom is 0.257 e. The molecule has 1 fully saturated rings. The van der Waals surface area contributed by atoms with Gasteiger partial charge in [0.05, 0.1) is 11.8 Å². The van der Waals surface area contributed by atoms with Gasteiger partial charge in [-0.2, -0.15) is 5.10 Å². The fraction of sp³-hybridized carbons (Fsp3) is 0.389. The maximum atomic E-state index is 12.6. The fourth-order valence-corrected chi connectivity index (χ4v) is 3.08. The van der Waals surface area contributed by atoms with Crippen molar-refractivity contribution in [3.63, 3.8) is 0 Å². The number of carbonyl (C=O) groups is 2. The van der Waals surface area contributed by atoms with Gasteiger partial charge in [0.15, 0.2) is 0 Å². The molecule has 2 aromatic rings. The third-order valence-corrected chi connectivity index (χ3v) is 4.45. The van der Waals surface area contributed by atoms with Crippen LogP contribution in [0.5, 0.6) is 0 Å². The first-order valence-electron chi connectivity index (χ1n) is 8.27. The van der Waals surface area contributed by atoms with Gasteiger partial charge in [-0.05, 0) is 37.8 Å². The lowest BCUT2D eigenvalue weighted by Gasteiger charge is -2.32. The molecule has 1 saturated heterocycles. The second-order valence-electron chi connectivity index (χ2n) is 6.24. The fourth-order valence-electron chi connectivity index (χ4n) is 3.08. The zero-order valence-corrected chi connectivity index (χ0v) is 13.8. The van der Waals surface area contributed by atoms with Crippen LogP contribution in [0.25, 0.3) is 0 Å². The van der Waals surface area contributed by atoms with E-state index < -0.39 is 0 Å². The molecule has 0 spiro atoms. The first kappa shape index (κ1) is 16.2. The molecule has 0 radical (unpaired) electrons. The number of aryl methyl sites for hydroxylation is 1. The molecule has 6 heteroatoms. The highest BCUT2D eigenvalue weighted by molar-refractivity contribution is 5.95. The number of piperidine rings is 1. The number of aromatic amines is 1. The van der Waals surface area contributed by atoms with Crippen molar-refractivity contribution in [3.8, 4) is 0 Å². The normalized spacial score (nSPS) is 17.5. The Labute approximate surface area is 141 Å². The maximum absolute atomic E-state index is 12.6. The molecule has 3 rings (SSSR count). The molecule has 6 nitrogen and oxygen atoms in total. The van der Waals surface area contributed by atoms with Crippen LogP contribution in [0.1, 0.15) is 39.3 Å². The summed E-state index contributed by atoms with van der Waals surface area (Å²) in [5.74, 6) is 0.229. The number of hydrogen-bond donors (Lipinski definition) is 2. The standard InChI is InChI=1S/C18H22N4O2/c1-13-16(11-20-21-13)18(24)22-9-5-6-14(12-22)10-19-17(23)15-7-3-2-4-8-15/h2-4,7-8,11,14H,5-6,9-10,12H2,1H3,(H,19,23)(H,20,21)/t14-/m0/s1. The lowest BCUT2D eigenvalue weighted by Crippen LogP contribution is -2.43. The van der Waals surface area contributed by atoms with Crippen molar-refractivity contribution in [2.75, 3.05) is 19.6 Å². The van der Waals surface area contributed by atoms with Crippen LogP contribution in [0.15, 0.2) is 36.5 Å². The van der Waals surface area contributed by atoms with Gasteiger partial charge in [-0.25, -0.2) is 0 Å². The zero-order valence-electron chi connectivity index (χ0n) is 13.8. The number of nitrogens with zero attached hydrogens (tertiary/aromatic N) is 2. The Morgan fingerprint density at radius 3 is 2.83 bits per heavy atom. The highest BCUT2D eigenvalue weighted by atomic mass is 16.2. The second kappa shape index (κ2) is 7.29. The highest BCUT2D eigenvalue weighted by Gasteiger charge is 2.26. The Morgan fingerprint density at radius 2 is 2.12 bits per heavy atom. The minimum absolute atomic E-state index is 0.0142. The molecule has 2 N–H and O–H groups in total. The minimum atomic E-state index is -0.0651. The van der Waals surface area contributed by atoms with E-state index in [0.29, 0.717) is 24.2 Å². The Kier molecular flexibility index (Phi) is 4.93. The summed E-state index contributed by atoms with van der Waals surface area (Å²) in [5, 5.41) is 9.70. The van der Waals surface area contributed by atoms with E-state index in [2.05, 4.69) is 15.5 Å². The van der Waals surface area contributed by atoms with E-state index in [4.69, 9.17) is 0 Å². The van der Waals surface area contributed by atoms with Crippen molar-refractivity contribution >= 4 is 11.8 Å². The van der Waals surface area contributed by atoms with Gasteiger partial charge in [-0.15, -0.1) is 0 Å². The Balaban J connectivity index is 1.55. The van der Waals surface area contributed by atoms with Gasteiger partial charge in [0.2, 0.25) is 0 Å². The van der Waals surface area contributed by atoms with Gasteiger partial charge in [0.1, 0.15) is 0 Å². The molecule has 1 aromatic heterocycles. The van der Waals surface area contributed by atoms with Crippen molar-refractivity contribution in [3.05, 3.63) is 53.3 Å². The monoisotopic (exact) mass is 326 g/mol. The van der Waals surface area contributed by atoms with Gasteiger partial charge in [-0.3, -0.25) is 14.7 Å². The zero-order chi connectivity index (χ0) is 16.9. The number of likely N-dealkylation sites (tertiary alicyclic amines) is 1. The minimum Gasteiger partial charge on any atom is -0.352 e. The molecule has 24 heavy (non-hydrogen) atoms. The molecule has 0 aliphatic carbocycles. The van der Waals surface area contributed by atoms with Crippen LogP contribution in [0, 0.1) is 12.8 Å². The van der Waals surface area contributed by atoms with E-state index >= 15 is 0 Å². The summed E-state index contributed by atoms with van der Waals surface area (Å²) in [4.78, 5) is 26.6. The summed E-state index contributed by atoms with van der Waals surface area (Å²) in [6.07, 6.45) is 3.55. The van der Waals surface area contributed by atoms with Crippen LogP contribution in [0.4, 0.5) is 0 Å². The molecule has 0 bridgehead atoms. The number of benzene rings is 1. The largest absolute Gasteiger partial charge is 0.352 e. The third-order valence-electron chi connectivity index (χ3n) is 4.45. The quantitative estimate of drug-likeness (QED) is 0.902. The summed E-state index contributed by atoms with van der Waals surface area (Å²) >= 11 is 0. The molecule has 2 heterocycles. The van der Waals surface area contributed by atoms with Gasteiger partial charge >= 0.3 is 0 Å². The van der Waals surface area contributed by atoms with Gasteiger partial charge in [0.25, 0.3) is 11.8 Å². The number of H-pyrrole nitrogens is 1. The molecule has 0 unspecified atom stereocenters. The van der Waals surface area contributed by atoms with Crippen LogP contribution >= 0.6 is 0 Å². The van der Waals surface area contributed by atoms with E-state index in [-0.39, 0.29) is 17.7 Å². The van der Waals surface area contributed by atoms with Gasteiger partial charge < -0.3 is 10.2 Å². The second-order valence-corrected chi connectivity index (χ2v) is 6.24. The van der Waals surface area contributed by atoms with Gasteiger partial charge in [0, 0.05) is 30.9 Å². The van der Waals surface area contributed by atoms with Crippen LogP contribution < -0.4 is 5.32 Å². The van der Waals surface area contributed by atoms with E-state index in [1.165, 1.54) is 0 Å². The summed E-state index contributed by atoms with van der Waals surface area (Å²) in [6, 6.07) is 9.19. The van der Waals surface area contributed by atoms with E-state index in [0.717, 1.165) is 25.1 Å². The number of hydrogen-bond acceptors (Lipinski definition) is 3. The molecule has 1 atom stereocenters. The number of carbonyl (C=O) groups excluding carboxylic acids is 2. The van der Waals surface area contributed by atoms with E-state index in [1.54, 1.807) is 18.3 Å². The van der Waals surface area contributed by atoms with Crippen LogP contribution in [0.3, 0.4) is 0 Å². The lowest BCUT2D eigenvalue weighted by atomic mass is 9.97. The van der Waals surface area contributed by atoms with Crippen LogP contribution in [-0.2, 0) is 0 Å². The summed E-state index contributed by atoms with van der Waals surface area (Å²) in [6.45, 7) is 3.86. The lowest BCUT2D eigenvalue weighted by molar-refractivity contribution is 0.0670. The Morgan fingerprint density at radius 1 is 1.33 bits per heavy atom. The topological polar surface area (TPSA) is 78.1 Å². The molecule has 126 valence electrons. The highest BCUT2D eigenvalue weighted by Crippen LogP contribution is 2.19. The number of aromatic nitrogens is 2. The SMILES string of the molecule is Cc1[nH]ncc1C(=O)N1CCC[C@@H](CNC(=O)c2ccccc2)C1. The predicted octanol–water partition coefficient (Wildman–Crippen LogP) is 2.00. The van der Waals surface area contributed by atoms with E-state index in [9.17, 15) is 9.59 Å². The first-order valence-corrected chi connectivity index (χ1v) is 8.27. The summed E-state index contributed by atoms with van der Waals surface area (Å²) in [5.41, 5.74) is 2.08. The van der Waals surface area contributed by atoms with E-state index in [1.807, 2.05) is 30.0 Å². The van der Waals surface area contributed by atoms with Crippen molar-refractivity contribution in [2.24, 2.45) is 5.92 Å². The smallest absolute Gasteiger partial charge is 0.257 e. The van der Waals surface area contributed by atoms with Crippen LogP contribution in [-0.4, -0.2) is 46.5 Å². The molecule has 0 saturated carbocycles. The number of rotatable bonds is 4. The summed E-state index contributed by atoms with van der Waals surface area (Å²) < 4.78 is 0. The number of amides is 2.